The molecule has 0 fully saturated rings. The third-order valence-corrected chi connectivity index (χ3v) is 4.16. The maximum atomic E-state index is 11.6. The van der Waals surface area contributed by atoms with Crippen molar-refractivity contribution in [1.82, 2.24) is 0 Å². The minimum Gasteiger partial charge on any atom is -0.282 e. The fourth-order valence-electron chi connectivity index (χ4n) is 2.28. The Morgan fingerprint density at radius 3 is 1.83 bits per heavy atom. The molecule has 0 aliphatic rings. The van der Waals surface area contributed by atoms with Crippen LogP contribution in [0.25, 0.3) is 0 Å². The number of hydrogen-bond donors (Lipinski definition) is 1. The summed E-state index contributed by atoms with van der Waals surface area (Å²) in [5.41, 5.74) is -4.15. The average molecular weight is 338 g/mol. The highest BCUT2D eigenvalue weighted by Gasteiger charge is 2.62. The molecule has 0 spiro atoms. The second-order valence-electron chi connectivity index (χ2n) is 4.52. The third-order valence-electron chi connectivity index (χ3n) is 3.25. The average Bonchev–Trinajstić information content (AvgIpc) is 2.48. The van der Waals surface area contributed by atoms with Crippen LogP contribution in [0.1, 0.15) is 11.1 Å². The summed E-state index contributed by atoms with van der Waals surface area (Å²) in [6, 6.07) is 10.7. The quantitative estimate of drug-likeness (QED) is 0.378. The molecule has 0 bridgehead atoms. The van der Waals surface area contributed by atoms with Crippen LogP contribution in [-0.2, 0) is 15.8 Å². The summed E-state index contributed by atoms with van der Waals surface area (Å²) < 4.78 is 32.2. The van der Waals surface area contributed by atoms with Crippen molar-refractivity contribution in [1.29, 1.82) is 0 Å². The summed E-state index contributed by atoms with van der Waals surface area (Å²) >= 11 is 0. The van der Waals surface area contributed by atoms with E-state index in [2.05, 4.69) is 0 Å². The zero-order valence-electron chi connectivity index (χ0n) is 11.4. The van der Waals surface area contributed by atoms with Gasteiger partial charge in [0.1, 0.15) is 25.9 Å². The minimum absolute atomic E-state index is 0.342. The van der Waals surface area contributed by atoms with Crippen molar-refractivity contribution in [3.63, 3.8) is 0 Å². The van der Waals surface area contributed by atoms with Gasteiger partial charge < -0.3 is 0 Å². The minimum atomic E-state index is -4.90. The Labute approximate surface area is 130 Å². The zero-order chi connectivity index (χ0) is 17.3. The Kier molecular flexibility index (Phi) is 4.12. The van der Waals surface area contributed by atoms with Crippen LogP contribution in [0.3, 0.4) is 0 Å². The highest BCUT2D eigenvalue weighted by atomic mass is 32.2. The van der Waals surface area contributed by atoms with E-state index in [0.717, 1.165) is 24.3 Å². The lowest BCUT2D eigenvalue weighted by molar-refractivity contribution is -0.796. The van der Waals surface area contributed by atoms with Gasteiger partial charge in [-0.05, 0) is 24.3 Å². The molecular formula is C13H10N2O7S. The number of hydrogen-bond acceptors (Lipinski definition) is 6. The van der Waals surface area contributed by atoms with Gasteiger partial charge in [0.15, 0.2) is 0 Å². The van der Waals surface area contributed by atoms with Crippen LogP contribution in [0.2, 0.25) is 0 Å². The summed E-state index contributed by atoms with van der Waals surface area (Å²) in [7, 11) is -4.90. The van der Waals surface area contributed by atoms with E-state index in [1.54, 1.807) is 0 Å². The van der Waals surface area contributed by atoms with Crippen molar-refractivity contribution < 1.29 is 22.8 Å². The monoisotopic (exact) mass is 338 g/mol. The molecule has 0 aliphatic heterocycles. The fourth-order valence-corrected chi connectivity index (χ4v) is 3.02. The fraction of sp³-hybridized carbons (Fsp3) is 0.0769. The number of benzene rings is 2. The highest BCUT2D eigenvalue weighted by molar-refractivity contribution is 7.85. The molecule has 23 heavy (non-hydrogen) atoms. The van der Waals surface area contributed by atoms with Crippen LogP contribution in [0, 0.1) is 20.2 Å². The molecule has 0 saturated carbocycles. The summed E-state index contributed by atoms with van der Waals surface area (Å²) in [4.78, 5) is 20.0. The summed E-state index contributed by atoms with van der Waals surface area (Å²) in [6.45, 7) is 0. The highest BCUT2D eigenvalue weighted by Crippen LogP contribution is 2.37. The molecule has 2 aromatic carbocycles. The van der Waals surface area contributed by atoms with E-state index in [0.29, 0.717) is 0 Å². The van der Waals surface area contributed by atoms with Gasteiger partial charge in [-0.15, -0.1) is 0 Å². The first kappa shape index (κ1) is 16.5. The van der Waals surface area contributed by atoms with E-state index in [1.807, 2.05) is 0 Å². The van der Waals surface area contributed by atoms with Crippen molar-refractivity contribution in [2.45, 2.75) is 10.6 Å². The van der Waals surface area contributed by atoms with Crippen molar-refractivity contribution in [2.24, 2.45) is 0 Å². The smallest absolute Gasteiger partial charge is 0.282 e. The lowest BCUT2D eigenvalue weighted by Gasteiger charge is -2.19. The van der Waals surface area contributed by atoms with Crippen molar-refractivity contribution >= 4 is 10.1 Å². The predicted molar refractivity (Wildman–Crippen MR) is 77.5 cm³/mol. The van der Waals surface area contributed by atoms with E-state index >= 15 is 0 Å². The topological polar surface area (TPSA) is 141 Å². The van der Waals surface area contributed by atoms with Gasteiger partial charge in [0, 0.05) is 0 Å². The van der Waals surface area contributed by atoms with E-state index in [4.69, 9.17) is 0 Å². The van der Waals surface area contributed by atoms with Crippen LogP contribution in [-0.4, -0.2) is 22.8 Å². The maximum Gasteiger partial charge on any atom is 0.511 e. The zero-order valence-corrected chi connectivity index (χ0v) is 12.2. The molecule has 2 rings (SSSR count). The standard InChI is InChI=1S/C13H10N2O7S/c16-14(17)13(15(18)19,10-6-2-1-3-7-10)11-8-4-5-9-12(11)23(20,21)22/h1-9H,(H,20,21,22). The molecule has 2 aromatic rings. The molecule has 0 amide bonds. The number of nitrogens with zero attached hydrogens (tertiary/aromatic N) is 2. The lowest BCUT2D eigenvalue weighted by Crippen LogP contribution is -2.45. The molecule has 0 unspecified atom stereocenters. The normalized spacial score (nSPS) is 11.9. The molecular weight excluding hydrogens is 328 g/mol. The Bertz CT molecular complexity index is 851. The lowest BCUT2D eigenvalue weighted by atomic mass is 9.92. The van der Waals surface area contributed by atoms with E-state index in [-0.39, 0.29) is 5.56 Å². The van der Waals surface area contributed by atoms with Gasteiger partial charge in [0.2, 0.25) is 0 Å². The third kappa shape index (κ3) is 2.64. The first-order valence-electron chi connectivity index (χ1n) is 6.14. The second-order valence-corrected chi connectivity index (χ2v) is 5.91. The van der Waals surface area contributed by atoms with Crippen LogP contribution < -0.4 is 0 Å². The van der Waals surface area contributed by atoms with Gasteiger partial charge in [0.25, 0.3) is 10.1 Å². The molecule has 1 N–H and O–H groups in total. The van der Waals surface area contributed by atoms with E-state index in [1.165, 1.54) is 30.3 Å². The molecule has 10 heteroatoms. The molecule has 0 atom stereocenters. The van der Waals surface area contributed by atoms with Gasteiger partial charge in [-0.2, -0.15) is 8.42 Å². The molecule has 0 aliphatic carbocycles. The van der Waals surface area contributed by atoms with Gasteiger partial charge in [-0.25, -0.2) is 0 Å². The Morgan fingerprint density at radius 1 is 0.870 bits per heavy atom. The summed E-state index contributed by atoms with van der Waals surface area (Å²) in [5.74, 6) is 0. The summed E-state index contributed by atoms with van der Waals surface area (Å²) in [5, 5.41) is 23.3. The second kappa shape index (κ2) is 5.74. The van der Waals surface area contributed by atoms with Gasteiger partial charge >= 0.3 is 5.66 Å². The first-order valence-corrected chi connectivity index (χ1v) is 7.58. The van der Waals surface area contributed by atoms with Crippen molar-refractivity contribution in [3.8, 4) is 0 Å². The van der Waals surface area contributed by atoms with Crippen LogP contribution in [0.5, 0.6) is 0 Å². The van der Waals surface area contributed by atoms with Crippen molar-refractivity contribution in [3.05, 3.63) is 86.0 Å². The molecule has 0 radical (unpaired) electrons. The van der Waals surface area contributed by atoms with E-state index in [9.17, 15) is 33.2 Å². The van der Waals surface area contributed by atoms with Crippen LogP contribution in [0.15, 0.2) is 59.5 Å². The summed E-state index contributed by atoms with van der Waals surface area (Å²) in [6.07, 6.45) is 0. The molecule has 0 heterocycles. The largest absolute Gasteiger partial charge is 0.511 e. The maximum absolute atomic E-state index is 11.6. The Balaban J connectivity index is 2.97. The molecule has 0 aromatic heterocycles. The Morgan fingerprint density at radius 2 is 1.35 bits per heavy atom. The predicted octanol–water partition coefficient (Wildman–Crippen LogP) is 1.69. The van der Waals surface area contributed by atoms with Gasteiger partial charge in [-0.3, -0.25) is 24.8 Å². The van der Waals surface area contributed by atoms with Gasteiger partial charge in [-0.1, -0.05) is 30.3 Å². The first-order chi connectivity index (χ1) is 10.7. The van der Waals surface area contributed by atoms with Crippen LogP contribution >= 0.6 is 0 Å². The molecule has 9 nitrogen and oxygen atoms in total. The number of nitro groups is 2. The van der Waals surface area contributed by atoms with Crippen molar-refractivity contribution in [2.75, 3.05) is 0 Å². The SMILES string of the molecule is O=[N+]([O-])C(c1ccccc1)(c1ccccc1S(=O)(=O)O)[N+](=O)[O-]. The van der Waals surface area contributed by atoms with Gasteiger partial charge in [0.05, 0.1) is 0 Å². The van der Waals surface area contributed by atoms with E-state index < -0.39 is 36.1 Å². The van der Waals surface area contributed by atoms with Crippen LogP contribution in [0.4, 0.5) is 0 Å². The molecule has 0 saturated heterocycles. The molecule has 120 valence electrons. The Hall–Kier alpha value is -2.85. The number of rotatable bonds is 5.